The van der Waals surface area contributed by atoms with E-state index in [0.717, 1.165) is 12.2 Å². The lowest BCUT2D eigenvalue weighted by Gasteiger charge is -2.42. The second kappa shape index (κ2) is 5.51. The van der Waals surface area contributed by atoms with Gasteiger partial charge in [0.05, 0.1) is 5.25 Å². The van der Waals surface area contributed by atoms with E-state index < -0.39 is 15.3 Å². The summed E-state index contributed by atoms with van der Waals surface area (Å²) in [6.45, 7) is 5.01. The van der Waals surface area contributed by atoms with Crippen LogP contribution in [0.2, 0.25) is 0 Å². The van der Waals surface area contributed by atoms with Crippen LogP contribution in [0, 0.1) is 5.92 Å². The second-order valence-corrected chi connectivity index (χ2v) is 7.42. The zero-order chi connectivity index (χ0) is 14.0. The first-order chi connectivity index (χ1) is 8.89. The summed E-state index contributed by atoms with van der Waals surface area (Å²) in [5.41, 5.74) is 1.16. The maximum Gasteiger partial charge on any atom is 0.212 e. The highest BCUT2D eigenvalue weighted by Gasteiger charge is 2.35. The number of rotatable bonds is 3. The van der Waals surface area contributed by atoms with Crippen LogP contribution in [-0.4, -0.2) is 26.3 Å². The second-order valence-electron chi connectivity index (χ2n) is 5.58. The van der Waals surface area contributed by atoms with Crippen LogP contribution in [0.25, 0.3) is 0 Å². The van der Waals surface area contributed by atoms with E-state index in [9.17, 15) is 8.42 Å². The van der Waals surface area contributed by atoms with E-state index in [2.05, 4.69) is 30.9 Å². The predicted molar refractivity (Wildman–Crippen MR) is 78.5 cm³/mol. The van der Waals surface area contributed by atoms with Gasteiger partial charge in [-0.15, -0.1) is 0 Å². The smallest absolute Gasteiger partial charge is 0.212 e. The summed E-state index contributed by atoms with van der Waals surface area (Å²) in [6.07, 6.45) is 1.22. The summed E-state index contributed by atoms with van der Waals surface area (Å²) in [7, 11) is -3.42. The number of nitrogens with two attached hydrogens (primary N) is 1. The van der Waals surface area contributed by atoms with Crippen molar-refractivity contribution in [1.82, 2.24) is 0 Å². The number of benzene rings is 1. The molecule has 1 fully saturated rings. The van der Waals surface area contributed by atoms with Crippen molar-refractivity contribution in [3.63, 3.8) is 0 Å². The maximum atomic E-state index is 11.6. The van der Waals surface area contributed by atoms with E-state index in [1.165, 1.54) is 0 Å². The summed E-state index contributed by atoms with van der Waals surface area (Å²) in [5, 5.41) is 4.91. The Morgan fingerprint density at radius 1 is 1.26 bits per heavy atom. The van der Waals surface area contributed by atoms with Crippen LogP contribution in [-0.2, 0) is 10.0 Å². The van der Waals surface area contributed by atoms with Crippen LogP contribution in [0.3, 0.4) is 0 Å². The molecule has 0 spiro atoms. The number of piperidine rings is 1. The Morgan fingerprint density at radius 3 is 2.42 bits per heavy atom. The minimum Gasteiger partial charge on any atom is -0.368 e. The molecule has 106 valence electrons. The lowest BCUT2D eigenvalue weighted by molar-refractivity contribution is 0.373. The lowest BCUT2D eigenvalue weighted by Crippen LogP contribution is -2.50. The summed E-state index contributed by atoms with van der Waals surface area (Å²) >= 11 is 0. The van der Waals surface area contributed by atoms with Gasteiger partial charge in [0.2, 0.25) is 10.0 Å². The van der Waals surface area contributed by atoms with E-state index in [1.807, 2.05) is 18.2 Å². The molecule has 1 aliphatic heterocycles. The van der Waals surface area contributed by atoms with Gasteiger partial charge in [0.1, 0.15) is 0 Å². The highest BCUT2D eigenvalue weighted by Crippen LogP contribution is 2.30. The molecule has 19 heavy (non-hydrogen) atoms. The van der Waals surface area contributed by atoms with Gasteiger partial charge in [0, 0.05) is 18.3 Å². The Balaban J connectivity index is 2.23. The van der Waals surface area contributed by atoms with E-state index in [0.29, 0.717) is 18.8 Å². The molecular weight excluding hydrogens is 260 g/mol. The number of sulfonamides is 1. The topological polar surface area (TPSA) is 63.4 Å². The van der Waals surface area contributed by atoms with Crippen LogP contribution in [0.1, 0.15) is 26.7 Å². The van der Waals surface area contributed by atoms with Crippen molar-refractivity contribution < 1.29 is 8.42 Å². The molecule has 2 unspecified atom stereocenters. The van der Waals surface area contributed by atoms with E-state index in [4.69, 9.17) is 5.14 Å². The van der Waals surface area contributed by atoms with Crippen LogP contribution < -0.4 is 10.0 Å². The van der Waals surface area contributed by atoms with Gasteiger partial charge < -0.3 is 4.90 Å². The highest BCUT2D eigenvalue weighted by molar-refractivity contribution is 7.89. The molecule has 1 saturated heterocycles. The Hall–Kier alpha value is -1.07. The van der Waals surface area contributed by atoms with Gasteiger partial charge in [-0.25, -0.2) is 13.6 Å². The molecule has 2 rings (SSSR count). The third kappa shape index (κ3) is 3.28. The zero-order valence-electron chi connectivity index (χ0n) is 11.5. The number of nitrogens with zero attached hydrogens (tertiary/aromatic N) is 1. The monoisotopic (exact) mass is 282 g/mol. The van der Waals surface area contributed by atoms with Crippen LogP contribution in [0.15, 0.2) is 30.3 Å². The molecule has 2 atom stereocenters. The molecular formula is C14H22N2O2S. The van der Waals surface area contributed by atoms with E-state index >= 15 is 0 Å². The molecule has 0 aliphatic carbocycles. The molecule has 0 bridgehead atoms. The Morgan fingerprint density at radius 2 is 1.89 bits per heavy atom. The van der Waals surface area contributed by atoms with Gasteiger partial charge in [-0.05, 0) is 30.9 Å². The molecule has 0 radical (unpaired) electrons. The summed E-state index contributed by atoms with van der Waals surface area (Å²) in [6, 6.07) is 10.4. The van der Waals surface area contributed by atoms with Gasteiger partial charge in [-0.1, -0.05) is 32.0 Å². The SMILES string of the molecule is CC(C)C1CC(S(N)(=O)=O)CCN1c1ccccc1. The largest absolute Gasteiger partial charge is 0.368 e. The summed E-state index contributed by atoms with van der Waals surface area (Å²) in [5.74, 6) is 0.393. The van der Waals surface area contributed by atoms with Crippen molar-refractivity contribution in [3.05, 3.63) is 30.3 Å². The van der Waals surface area contributed by atoms with Crippen molar-refractivity contribution in [2.75, 3.05) is 11.4 Å². The Labute approximate surface area is 115 Å². The maximum absolute atomic E-state index is 11.6. The van der Waals surface area contributed by atoms with Crippen LogP contribution >= 0.6 is 0 Å². The fraction of sp³-hybridized carbons (Fsp3) is 0.571. The average molecular weight is 282 g/mol. The molecule has 1 heterocycles. The van der Waals surface area contributed by atoms with Gasteiger partial charge in [0.25, 0.3) is 0 Å². The summed E-state index contributed by atoms with van der Waals surface area (Å²) < 4.78 is 23.1. The first-order valence-corrected chi connectivity index (χ1v) is 8.34. The first kappa shape index (κ1) is 14.3. The Kier molecular flexibility index (Phi) is 4.16. The molecule has 0 amide bonds. The molecule has 1 aromatic carbocycles. The van der Waals surface area contributed by atoms with Crippen molar-refractivity contribution >= 4 is 15.7 Å². The number of primary sulfonamides is 1. The van der Waals surface area contributed by atoms with Crippen molar-refractivity contribution in [2.45, 2.75) is 38.0 Å². The summed E-state index contributed by atoms with van der Waals surface area (Å²) in [4.78, 5) is 2.31. The molecule has 1 aromatic rings. The molecule has 5 heteroatoms. The normalized spacial score (nSPS) is 24.7. The van der Waals surface area contributed by atoms with E-state index in [1.54, 1.807) is 0 Å². The van der Waals surface area contributed by atoms with Gasteiger partial charge in [-0.2, -0.15) is 0 Å². The lowest BCUT2D eigenvalue weighted by atomic mass is 9.92. The minimum absolute atomic E-state index is 0.222. The molecule has 1 aliphatic rings. The fourth-order valence-electron chi connectivity index (χ4n) is 2.83. The molecule has 4 nitrogen and oxygen atoms in total. The van der Waals surface area contributed by atoms with Gasteiger partial charge in [-0.3, -0.25) is 0 Å². The van der Waals surface area contributed by atoms with Crippen LogP contribution in [0.4, 0.5) is 5.69 Å². The van der Waals surface area contributed by atoms with Gasteiger partial charge in [0.15, 0.2) is 0 Å². The third-order valence-electron chi connectivity index (χ3n) is 3.92. The standard InChI is InChI=1S/C14H22N2O2S/c1-11(2)14-10-13(19(15,17)18)8-9-16(14)12-6-4-3-5-7-12/h3-7,11,13-14H,8-10H2,1-2H3,(H2,15,17,18). The average Bonchev–Trinajstić information content (AvgIpc) is 2.38. The van der Waals surface area contributed by atoms with Crippen molar-refractivity contribution in [2.24, 2.45) is 11.1 Å². The molecule has 0 aromatic heterocycles. The highest BCUT2D eigenvalue weighted by atomic mass is 32.2. The fourth-order valence-corrected chi connectivity index (χ4v) is 3.73. The number of anilines is 1. The van der Waals surface area contributed by atoms with E-state index in [-0.39, 0.29) is 6.04 Å². The first-order valence-electron chi connectivity index (χ1n) is 6.73. The molecule has 0 saturated carbocycles. The third-order valence-corrected chi connectivity index (χ3v) is 5.28. The van der Waals surface area contributed by atoms with Gasteiger partial charge >= 0.3 is 0 Å². The van der Waals surface area contributed by atoms with Crippen molar-refractivity contribution in [3.8, 4) is 0 Å². The number of hydrogen-bond acceptors (Lipinski definition) is 3. The van der Waals surface area contributed by atoms with Crippen LogP contribution in [0.5, 0.6) is 0 Å². The number of para-hydroxylation sites is 1. The predicted octanol–water partition coefficient (Wildman–Crippen LogP) is 1.97. The van der Waals surface area contributed by atoms with Crippen molar-refractivity contribution in [1.29, 1.82) is 0 Å². The zero-order valence-corrected chi connectivity index (χ0v) is 12.3. The quantitative estimate of drug-likeness (QED) is 0.922. The molecule has 2 N–H and O–H groups in total. The minimum atomic E-state index is -3.42. The number of hydrogen-bond donors (Lipinski definition) is 1. The Bertz CT molecular complexity index is 514.